The third kappa shape index (κ3) is 3.51. The molecule has 0 saturated carbocycles. The Labute approximate surface area is 78.0 Å². The summed E-state index contributed by atoms with van der Waals surface area (Å²) in [4.78, 5) is 0. The van der Waals surface area contributed by atoms with Gasteiger partial charge in [-0.15, -0.1) is 0 Å². The van der Waals surface area contributed by atoms with Crippen LogP contribution in [0, 0.1) is 6.92 Å². The van der Waals surface area contributed by atoms with Crippen molar-refractivity contribution in [3.63, 3.8) is 0 Å². The van der Waals surface area contributed by atoms with Crippen LogP contribution in [0.2, 0.25) is 0 Å². The van der Waals surface area contributed by atoms with Gasteiger partial charge in [-0.25, -0.2) is 0 Å². The highest BCUT2D eigenvalue weighted by Crippen LogP contribution is 2.04. The Kier molecular flexibility index (Phi) is 3.70. The minimum absolute atomic E-state index is 0.532. The second-order valence-corrected chi connectivity index (χ2v) is 2.75. The molecule has 1 aromatic rings. The standard InChI is InChI=1S/C10H13N3/c1-9-4-6-10(7-5-9)3-2-8-12-13-11/h2-7H,8H2,1H3,(H2,11,12). The molecule has 0 saturated heterocycles. The van der Waals surface area contributed by atoms with Gasteiger partial charge in [0.05, 0.1) is 6.54 Å². The van der Waals surface area contributed by atoms with Crippen LogP contribution in [0.15, 0.2) is 40.7 Å². The quantitative estimate of drug-likeness (QED) is 0.428. The number of nitrogens with zero attached hydrogens (tertiary/aromatic N) is 2. The molecule has 1 rings (SSSR count). The van der Waals surface area contributed by atoms with Crippen LogP contribution in [0.5, 0.6) is 0 Å². The Hall–Kier alpha value is -1.64. The average Bonchev–Trinajstić information content (AvgIpc) is 2.15. The van der Waals surface area contributed by atoms with Crippen molar-refractivity contribution in [3.8, 4) is 0 Å². The van der Waals surface area contributed by atoms with Crippen molar-refractivity contribution in [2.24, 2.45) is 16.2 Å². The Morgan fingerprint density at radius 1 is 1.31 bits per heavy atom. The zero-order chi connectivity index (χ0) is 9.52. The van der Waals surface area contributed by atoms with Crippen LogP contribution < -0.4 is 5.84 Å². The fraction of sp³-hybridized carbons (Fsp3) is 0.200. The van der Waals surface area contributed by atoms with Gasteiger partial charge < -0.3 is 5.84 Å². The van der Waals surface area contributed by atoms with E-state index in [-0.39, 0.29) is 0 Å². The topological polar surface area (TPSA) is 50.7 Å². The first-order chi connectivity index (χ1) is 6.33. The lowest BCUT2D eigenvalue weighted by Gasteiger charge is -1.93. The van der Waals surface area contributed by atoms with E-state index in [0.717, 1.165) is 5.56 Å². The van der Waals surface area contributed by atoms with Crippen LogP contribution in [0.25, 0.3) is 6.08 Å². The molecule has 0 amide bonds. The molecule has 0 aliphatic carbocycles. The van der Waals surface area contributed by atoms with E-state index >= 15 is 0 Å². The Balaban J connectivity index is 2.54. The summed E-state index contributed by atoms with van der Waals surface area (Å²) in [7, 11) is 0. The molecule has 0 radical (unpaired) electrons. The molecule has 0 atom stereocenters. The molecule has 0 aromatic heterocycles. The van der Waals surface area contributed by atoms with Crippen molar-refractivity contribution < 1.29 is 0 Å². The van der Waals surface area contributed by atoms with Gasteiger partial charge in [-0.05, 0) is 12.5 Å². The maximum absolute atomic E-state index is 4.85. The predicted molar refractivity (Wildman–Crippen MR) is 54.1 cm³/mol. The molecule has 2 N–H and O–H groups in total. The summed E-state index contributed by atoms with van der Waals surface area (Å²) < 4.78 is 0. The molecule has 0 fully saturated rings. The largest absolute Gasteiger partial charge is 0.305 e. The van der Waals surface area contributed by atoms with Crippen molar-refractivity contribution in [1.29, 1.82) is 0 Å². The van der Waals surface area contributed by atoms with Gasteiger partial charge in [0.1, 0.15) is 0 Å². The first-order valence-corrected chi connectivity index (χ1v) is 4.13. The third-order valence-electron chi connectivity index (χ3n) is 1.66. The lowest BCUT2D eigenvalue weighted by molar-refractivity contribution is 0.968. The summed E-state index contributed by atoms with van der Waals surface area (Å²) >= 11 is 0. The van der Waals surface area contributed by atoms with Gasteiger partial charge in [-0.3, -0.25) is 0 Å². The summed E-state index contributed by atoms with van der Waals surface area (Å²) in [5.74, 6) is 4.85. The minimum Gasteiger partial charge on any atom is -0.305 e. The summed E-state index contributed by atoms with van der Waals surface area (Å²) in [6.45, 7) is 2.60. The van der Waals surface area contributed by atoms with E-state index in [9.17, 15) is 0 Å². The van der Waals surface area contributed by atoms with Crippen molar-refractivity contribution in [3.05, 3.63) is 41.5 Å². The molecule has 3 heteroatoms. The Morgan fingerprint density at radius 2 is 2.00 bits per heavy atom. The molecule has 0 unspecified atom stereocenters. The molecule has 0 aliphatic rings. The van der Waals surface area contributed by atoms with E-state index in [4.69, 9.17) is 5.84 Å². The molecule has 13 heavy (non-hydrogen) atoms. The van der Waals surface area contributed by atoms with Crippen molar-refractivity contribution in [2.75, 3.05) is 6.54 Å². The molecular weight excluding hydrogens is 162 g/mol. The van der Waals surface area contributed by atoms with Crippen LogP contribution in [-0.2, 0) is 0 Å². The monoisotopic (exact) mass is 175 g/mol. The smallest absolute Gasteiger partial charge is 0.0804 e. The molecule has 0 heterocycles. The first kappa shape index (κ1) is 9.45. The highest BCUT2D eigenvalue weighted by atomic mass is 15.3. The molecule has 3 nitrogen and oxygen atoms in total. The molecule has 0 bridgehead atoms. The van der Waals surface area contributed by atoms with Crippen molar-refractivity contribution >= 4 is 6.08 Å². The summed E-state index contributed by atoms with van der Waals surface area (Å²) in [5.41, 5.74) is 2.43. The van der Waals surface area contributed by atoms with E-state index in [1.54, 1.807) is 0 Å². The first-order valence-electron chi connectivity index (χ1n) is 4.13. The zero-order valence-corrected chi connectivity index (χ0v) is 7.64. The number of rotatable bonds is 3. The van der Waals surface area contributed by atoms with Gasteiger partial charge in [0.2, 0.25) is 0 Å². The van der Waals surface area contributed by atoms with Crippen molar-refractivity contribution in [2.45, 2.75) is 6.92 Å². The van der Waals surface area contributed by atoms with Gasteiger partial charge >= 0.3 is 0 Å². The second-order valence-electron chi connectivity index (χ2n) is 2.75. The van der Waals surface area contributed by atoms with Gasteiger partial charge in [-0.1, -0.05) is 47.2 Å². The maximum Gasteiger partial charge on any atom is 0.0804 e. The van der Waals surface area contributed by atoms with E-state index in [0.29, 0.717) is 6.54 Å². The molecule has 0 spiro atoms. The van der Waals surface area contributed by atoms with Gasteiger partial charge in [0, 0.05) is 0 Å². The highest BCUT2D eigenvalue weighted by Gasteiger charge is 1.84. The predicted octanol–water partition coefficient (Wildman–Crippen LogP) is 2.33. The number of nitrogens with two attached hydrogens (primary N) is 1. The van der Waals surface area contributed by atoms with E-state index in [2.05, 4.69) is 41.5 Å². The second kappa shape index (κ2) is 5.09. The highest BCUT2D eigenvalue weighted by molar-refractivity contribution is 5.49. The molecule has 0 aliphatic heterocycles. The number of benzene rings is 1. The SMILES string of the molecule is Cc1ccc(C=CCN=NN)cc1. The average molecular weight is 175 g/mol. The fourth-order valence-electron chi connectivity index (χ4n) is 0.961. The maximum atomic E-state index is 4.85. The number of hydrogen-bond acceptors (Lipinski definition) is 2. The fourth-order valence-corrected chi connectivity index (χ4v) is 0.961. The molecule has 68 valence electrons. The van der Waals surface area contributed by atoms with Crippen LogP contribution >= 0.6 is 0 Å². The van der Waals surface area contributed by atoms with Crippen LogP contribution in [0.1, 0.15) is 11.1 Å². The Morgan fingerprint density at radius 3 is 2.62 bits per heavy atom. The minimum atomic E-state index is 0.532. The summed E-state index contributed by atoms with van der Waals surface area (Å²) in [5, 5.41) is 6.78. The normalized spacial score (nSPS) is 11.5. The van der Waals surface area contributed by atoms with Gasteiger partial charge in [-0.2, -0.15) is 5.11 Å². The number of aryl methyl sites for hydroxylation is 1. The third-order valence-corrected chi connectivity index (χ3v) is 1.66. The van der Waals surface area contributed by atoms with Gasteiger partial charge in [0.25, 0.3) is 0 Å². The lowest BCUT2D eigenvalue weighted by atomic mass is 10.1. The van der Waals surface area contributed by atoms with Gasteiger partial charge in [0.15, 0.2) is 0 Å². The van der Waals surface area contributed by atoms with E-state index in [1.807, 2.05) is 12.2 Å². The van der Waals surface area contributed by atoms with E-state index < -0.39 is 0 Å². The van der Waals surface area contributed by atoms with Crippen LogP contribution in [0.4, 0.5) is 0 Å². The van der Waals surface area contributed by atoms with Crippen LogP contribution in [0.3, 0.4) is 0 Å². The molecule has 1 aromatic carbocycles. The summed E-state index contributed by atoms with van der Waals surface area (Å²) in [6.07, 6.45) is 3.91. The zero-order valence-electron chi connectivity index (χ0n) is 7.64. The van der Waals surface area contributed by atoms with E-state index in [1.165, 1.54) is 5.56 Å². The molecular formula is C10H13N3. The van der Waals surface area contributed by atoms with Crippen molar-refractivity contribution in [1.82, 2.24) is 0 Å². The summed E-state index contributed by atoms with van der Waals surface area (Å²) in [6, 6.07) is 8.27. The number of hydrogen-bond donors (Lipinski definition) is 1. The van der Waals surface area contributed by atoms with Crippen LogP contribution in [-0.4, -0.2) is 6.54 Å². The lowest BCUT2D eigenvalue weighted by Crippen LogP contribution is -1.78. The Bertz CT molecular complexity index is 298.